The Bertz CT molecular complexity index is 422. The Hall–Kier alpha value is -1.84. The van der Waals surface area contributed by atoms with Gasteiger partial charge in [0, 0.05) is 12.2 Å². The van der Waals surface area contributed by atoms with Crippen LogP contribution in [0.25, 0.3) is 0 Å². The van der Waals surface area contributed by atoms with Crippen molar-refractivity contribution in [3.05, 3.63) is 36.5 Å². The smallest absolute Gasteiger partial charge is 0.327 e. The minimum atomic E-state index is -0.868. The Morgan fingerprint density at radius 3 is 1.12 bits per heavy atom. The van der Waals surface area contributed by atoms with Gasteiger partial charge >= 0.3 is 11.9 Å². The first-order chi connectivity index (χ1) is 12.1. The molecule has 0 aliphatic rings. The molecular formula is C21H34O4. The molecule has 0 unspecified atom stereocenters. The van der Waals surface area contributed by atoms with E-state index in [0.29, 0.717) is 0 Å². The summed E-state index contributed by atoms with van der Waals surface area (Å²) in [4.78, 5) is 20.6. The van der Waals surface area contributed by atoms with Gasteiger partial charge in [0.05, 0.1) is 0 Å². The van der Waals surface area contributed by atoms with Crippen LogP contribution in [0.1, 0.15) is 83.5 Å². The summed E-state index contributed by atoms with van der Waals surface area (Å²) in [6.45, 7) is 0. The molecule has 0 bridgehead atoms. The second-order valence-corrected chi connectivity index (χ2v) is 6.29. The lowest BCUT2D eigenvalue weighted by Crippen LogP contribution is -1.85. The maximum Gasteiger partial charge on any atom is 0.327 e. The van der Waals surface area contributed by atoms with E-state index in [0.717, 1.165) is 44.9 Å². The van der Waals surface area contributed by atoms with Gasteiger partial charge in [-0.2, -0.15) is 0 Å². The topological polar surface area (TPSA) is 74.6 Å². The van der Waals surface area contributed by atoms with Crippen LogP contribution in [0.15, 0.2) is 36.5 Å². The zero-order valence-corrected chi connectivity index (χ0v) is 15.4. The molecule has 0 aliphatic heterocycles. The Morgan fingerprint density at radius 2 is 0.760 bits per heavy atom. The number of carboxylic acids is 2. The van der Waals surface area contributed by atoms with E-state index >= 15 is 0 Å². The van der Waals surface area contributed by atoms with E-state index in [2.05, 4.69) is 12.2 Å². The van der Waals surface area contributed by atoms with Crippen LogP contribution in [0.4, 0.5) is 0 Å². The molecule has 0 spiro atoms. The van der Waals surface area contributed by atoms with Crippen LogP contribution in [-0.4, -0.2) is 22.2 Å². The van der Waals surface area contributed by atoms with Gasteiger partial charge in [0.15, 0.2) is 0 Å². The third-order valence-corrected chi connectivity index (χ3v) is 3.92. The molecular weight excluding hydrogens is 316 g/mol. The van der Waals surface area contributed by atoms with Gasteiger partial charge in [0.2, 0.25) is 0 Å². The lowest BCUT2D eigenvalue weighted by Gasteiger charge is -2.00. The Labute approximate surface area is 152 Å². The number of rotatable bonds is 17. The molecule has 0 fully saturated rings. The van der Waals surface area contributed by atoms with Crippen molar-refractivity contribution >= 4 is 11.9 Å². The molecule has 142 valence electrons. The van der Waals surface area contributed by atoms with E-state index in [4.69, 9.17) is 10.2 Å². The standard InChI is InChI=1S/C21H34O4/c22-20(23)18-16-14-12-10-8-6-4-2-1-3-5-7-9-11-13-15-17-19-21(24)25/h4,6,16-19H,1-3,5,7-15H2,(H,22,23)(H,24,25). The molecule has 0 heterocycles. The molecule has 0 rings (SSSR count). The maximum atomic E-state index is 10.3. The highest BCUT2D eigenvalue weighted by Crippen LogP contribution is 2.10. The second-order valence-electron chi connectivity index (χ2n) is 6.29. The molecule has 0 saturated carbocycles. The third-order valence-electron chi connectivity index (χ3n) is 3.92. The quantitative estimate of drug-likeness (QED) is 0.195. The summed E-state index contributed by atoms with van der Waals surface area (Å²) in [5.41, 5.74) is 0. The van der Waals surface area contributed by atoms with E-state index in [1.165, 1.54) is 50.7 Å². The Morgan fingerprint density at radius 1 is 0.480 bits per heavy atom. The van der Waals surface area contributed by atoms with Crippen molar-refractivity contribution in [2.24, 2.45) is 0 Å². The number of allylic oxidation sites excluding steroid dienone is 4. The molecule has 4 heteroatoms. The van der Waals surface area contributed by atoms with Crippen molar-refractivity contribution in [2.75, 3.05) is 0 Å². The van der Waals surface area contributed by atoms with E-state index < -0.39 is 11.9 Å². The molecule has 0 atom stereocenters. The summed E-state index contributed by atoms with van der Waals surface area (Å²) in [5, 5.41) is 16.9. The fraction of sp³-hybridized carbons (Fsp3) is 0.619. The van der Waals surface area contributed by atoms with E-state index in [1.54, 1.807) is 12.2 Å². The molecule has 0 aromatic heterocycles. The third kappa shape index (κ3) is 22.2. The predicted octanol–water partition coefficient (Wildman–Crippen LogP) is 5.90. The Kier molecular flexibility index (Phi) is 17.1. The zero-order chi connectivity index (χ0) is 18.6. The molecule has 0 aromatic carbocycles. The lowest BCUT2D eigenvalue weighted by molar-refractivity contribution is -0.132. The number of unbranched alkanes of at least 4 members (excludes halogenated alkanes) is 11. The maximum absolute atomic E-state index is 10.3. The van der Waals surface area contributed by atoms with Crippen LogP contribution in [0, 0.1) is 0 Å². The fourth-order valence-corrected chi connectivity index (χ4v) is 2.54. The van der Waals surface area contributed by atoms with Crippen LogP contribution in [0.3, 0.4) is 0 Å². The first-order valence-electron chi connectivity index (χ1n) is 9.57. The molecule has 0 radical (unpaired) electrons. The average molecular weight is 350 g/mol. The van der Waals surface area contributed by atoms with Crippen molar-refractivity contribution in [3.8, 4) is 0 Å². The van der Waals surface area contributed by atoms with Gasteiger partial charge in [-0.05, 0) is 51.4 Å². The molecule has 0 aliphatic carbocycles. The van der Waals surface area contributed by atoms with Gasteiger partial charge in [-0.3, -0.25) is 0 Å². The van der Waals surface area contributed by atoms with Crippen molar-refractivity contribution in [2.45, 2.75) is 83.5 Å². The minimum Gasteiger partial charge on any atom is -0.478 e. The zero-order valence-electron chi connectivity index (χ0n) is 15.4. The van der Waals surface area contributed by atoms with Gasteiger partial charge in [-0.25, -0.2) is 9.59 Å². The number of hydrogen-bond donors (Lipinski definition) is 2. The fourth-order valence-electron chi connectivity index (χ4n) is 2.54. The molecule has 0 aromatic rings. The van der Waals surface area contributed by atoms with Crippen LogP contribution in [-0.2, 0) is 9.59 Å². The van der Waals surface area contributed by atoms with Gasteiger partial charge in [0.25, 0.3) is 0 Å². The van der Waals surface area contributed by atoms with Gasteiger partial charge in [-0.1, -0.05) is 56.4 Å². The van der Waals surface area contributed by atoms with E-state index in [-0.39, 0.29) is 0 Å². The highest BCUT2D eigenvalue weighted by Gasteiger charge is 1.92. The van der Waals surface area contributed by atoms with Crippen LogP contribution in [0.2, 0.25) is 0 Å². The monoisotopic (exact) mass is 350 g/mol. The molecule has 2 N–H and O–H groups in total. The summed E-state index contributed by atoms with van der Waals surface area (Å²) in [7, 11) is 0. The first kappa shape index (κ1) is 23.2. The first-order valence-corrected chi connectivity index (χ1v) is 9.57. The summed E-state index contributed by atoms with van der Waals surface area (Å²) in [5.74, 6) is -1.73. The second kappa shape index (κ2) is 18.5. The summed E-state index contributed by atoms with van der Waals surface area (Å²) >= 11 is 0. The summed E-state index contributed by atoms with van der Waals surface area (Å²) in [6, 6.07) is 0. The molecule has 0 saturated heterocycles. The molecule has 4 nitrogen and oxygen atoms in total. The summed E-state index contributed by atoms with van der Waals surface area (Å²) < 4.78 is 0. The van der Waals surface area contributed by atoms with Gasteiger partial charge in [0.1, 0.15) is 0 Å². The van der Waals surface area contributed by atoms with E-state index in [9.17, 15) is 9.59 Å². The minimum absolute atomic E-state index is 0.843. The van der Waals surface area contributed by atoms with Crippen molar-refractivity contribution in [1.29, 1.82) is 0 Å². The average Bonchev–Trinajstić information content (AvgIpc) is 2.56. The highest BCUT2D eigenvalue weighted by atomic mass is 16.4. The predicted molar refractivity (Wildman–Crippen MR) is 103 cm³/mol. The lowest BCUT2D eigenvalue weighted by atomic mass is 10.1. The molecule has 25 heavy (non-hydrogen) atoms. The SMILES string of the molecule is O=C(O)C=CCCCCC=CCCCCCCCCCC=CC(=O)O. The highest BCUT2D eigenvalue weighted by molar-refractivity contribution is 5.79. The van der Waals surface area contributed by atoms with Crippen molar-refractivity contribution in [1.82, 2.24) is 0 Å². The van der Waals surface area contributed by atoms with Gasteiger partial charge < -0.3 is 10.2 Å². The van der Waals surface area contributed by atoms with E-state index in [1.807, 2.05) is 0 Å². The van der Waals surface area contributed by atoms with Gasteiger partial charge in [-0.15, -0.1) is 0 Å². The number of aliphatic carboxylic acids is 2. The van der Waals surface area contributed by atoms with Crippen molar-refractivity contribution in [3.63, 3.8) is 0 Å². The van der Waals surface area contributed by atoms with Crippen LogP contribution in [0.5, 0.6) is 0 Å². The molecule has 0 amide bonds. The van der Waals surface area contributed by atoms with Crippen LogP contribution < -0.4 is 0 Å². The number of carbonyl (C=O) groups is 2. The Balaban J connectivity index is 3.20. The largest absolute Gasteiger partial charge is 0.478 e. The normalized spacial score (nSPS) is 11.8. The summed E-state index contributed by atoms with van der Waals surface area (Å²) in [6.07, 6.45) is 25.1. The number of hydrogen-bond acceptors (Lipinski definition) is 2. The van der Waals surface area contributed by atoms with Crippen LogP contribution >= 0.6 is 0 Å². The number of carboxylic acid groups (broad SMARTS) is 2. The van der Waals surface area contributed by atoms with Crippen molar-refractivity contribution < 1.29 is 19.8 Å².